The highest BCUT2D eigenvalue weighted by Gasteiger charge is 2.33. The summed E-state index contributed by atoms with van der Waals surface area (Å²) in [5.41, 5.74) is -0.717. The quantitative estimate of drug-likeness (QED) is 0.876. The average Bonchev–Trinajstić information content (AvgIpc) is 2.91. The zero-order chi connectivity index (χ0) is 15.3. The number of amides is 1. The Morgan fingerprint density at radius 2 is 2.10 bits per heavy atom. The summed E-state index contributed by atoms with van der Waals surface area (Å²) in [6.07, 6.45) is -2.71. The van der Waals surface area contributed by atoms with E-state index in [-0.39, 0.29) is 17.9 Å². The maximum absolute atomic E-state index is 12.8. The molecule has 116 valence electrons. The van der Waals surface area contributed by atoms with E-state index in [1.54, 1.807) is 0 Å². The molecule has 0 bridgehead atoms. The average molecular weight is 300 g/mol. The van der Waals surface area contributed by atoms with Gasteiger partial charge in [0.15, 0.2) is 0 Å². The fourth-order valence-electron chi connectivity index (χ4n) is 2.56. The van der Waals surface area contributed by atoms with Crippen LogP contribution >= 0.6 is 0 Å². The normalized spacial score (nSPS) is 18.7. The van der Waals surface area contributed by atoms with E-state index in [1.807, 2.05) is 0 Å². The monoisotopic (exact) mass is 300 g/mol. The third kappa shape index (κ3) is 4.74. The molecule has 21 heavy (non-hydrogen) atoms. The molecule has 1 heterocycles. The van der Waals surface area contributed by atoms with Gasteiger partial charge >= 0.3 is 6.18 Å². The standard InChI is InChI=1S/C15H19F3N2O/c16-15(17,18)13-4-2-1-3-12(13)9-14(21)20-8-6-11-5-7-19-10-11/h1-4,11,19H,5-10H2,(H,20,21). The van der Waals surface area contributed by atoms with Crippen LogP contribution in [0.2, 0.25) is 0 Å². The van der Waals surface area contributed by atoms with Gasteiger partial charge in [-0.1, -0.05) is 18.2 Å². The lowest BCUT2D eigenvalue weighted by Crippen LogP contribution is -2.28. The minimum Gasteiger partial charge on any atom is -0.356 e. The number of hydrogen-bond donors (Lipinski definition) is 2. The van der Waals surface area contributed by atoms with Gasteiger partial charge in [0.25, 0.3) is 0 Å². The van der Waals surface area contributed by atoms with Gasteiger partial charge in [-0.15, -0.1) is 0 Å². The van der Waals surface area contributed by atoms with Gasteiger partial charge in [0.1, 0.15) is 0 Å². The first-order valence-electron chi connectivity index (χ1n) is 7.09. The number of nitrogens with one attached hydrogen (secondary N) is 2. The van der Waals surface area contributed by atoms with Crippen molar-refractivity contribution < 1.29 is 18.0 Å². The molecule has 2 rings (SSSR count). The van der Waals surface area contributed by atoms with Crippen LogP contribution < -0.4 is 10.6 Å². The lowest BCUT2D eigenvalue weighted by atomic mass is 10.0. The van der Waals surface area contributed by atoms with E-state index in [0.29, 0.717) is 12.5 Å². The number of benzene rings is 1. The summed E-state index contributed by atoms with van der Waals surface area (Å²) in [4.78, 5) is 11.8. The summed E-state index contributed by atoms with van der Waals surface area (Å²) in [7, 11) is 0. The molecule has 0 aromatic heterocycles. The van der Waals surface area contributed by atoms with E-state index in [1.165, 1.54) is 18.2 Å². The molecule has 3 nitrogen and oxygen atoms in total. The van der Waals surface area contributed by atoms with E-state index in [2.05, 4.69) is 10.6 Å². The second-order valence-electron chi connectivity index (χ2n) is 5.33. The van der Waals surface area contributed by atoms with Crippen molar-refractivity contribution in [1.29, 1.82) is 0 Å². The van der Waals surface area contributed by atoms with Crippen molar-refractivity contribution in [2.75, 3.05) is 19.6 Å². The minimum absolute atomic E-state index is 0.0185. The van der Waals surface area contributed by atoms with Crippen molar-refractivity contribution in [2.45, 2.75) is 25.4 Å². The molecular formula is C15H19F3N2O. The summed E-state index contributed by atoms with van der Waals surface area (Å²) in [6, 6.07) is 5.20. The van der Waals surface area contributed by atoms with Crippen molar-refractivity contribution in [3.8, 4) is 0 Å². The number of carbonyl (C=O) groups is 1. The third-order valence-corrected chi connectivity index (χ3v) is 3.71. The molecule has 1 fully saturated rings. The Hall–Kier alpha value is -1.56. The first-order chi connectivity index (χ1) is 9.97. The minimum atomic E-state index is -4.42. The molecule has 1 aliphatic heterocycles. The molecule has 1 aromatic rings. The molecule has 2 N–H and O–H groups in total. The molecule has 0 spiro atoms. The van der Waals surface area contributed by atoms with Crippen LogP contribution in [-0.4, -0.2) is 25.5 Å². The van der Waals surface area contributed by atoms with Gasteiger partial charge in [0.05, 0.1) is 12.0 Å². The molecule has 1 amide bonds. The number of hydrogen-bond acceptors (Lipinski definition) is 2. The number of halogens is 3. The molecule has 1 atom stereocenters. The Morgan fingerprint density at radius 3 is 2.76 bits per heavy atom. The zero-order valence-electron chi connectivity index (χ0n) is 11.7. The van der Waals surface area contributed by atoms with Gasteiger partial charge in [-0.3, -0.25) is 4.79 Å². The SMILES string of the molecule is O=C(Cc1ccccc1C(F)(F)F)NCCC1CCNC1. The van der Waals surface area contributed by atoms with Crippen molar-refractivity contribution in [3.63, 3.8) is 0 Å². The molecule has 1 unspecified atom stereocenters. The van der Waals surface area contributed by atoms with E-state index in [0.717, 1.165) is 32.0 Å². The van der Waals surface area contributed by atoms with Crippen molar-refractivity contribution in [1.82, 2.24) is 10.6 Å². The van der Waals surface area contributed by atoms with Gasteiger partial charge in [-0.05, 0) is 43.5 Å². The maximum Gasteiger partial charge on any atom is 0.416 e. The fourth-order valence-corrected chi connectivity index (χ4v) is 2.56. The first kappa shape index (κ1) is 15.8. The molecule has 1 aromatic carbocycles. The van der Waals surface area contributed by atoms with Gasteiger partial charge < -0.3 is 10.6 Å². The zero-order valence-corrected chi connectivity index (χ0v) is 11.7. The molecule has 1 aliphatic rings. The number of carbonyl (C=O) groups excluding carboxylic acids is 1. The molecule has 0 saturated carbocycles. The van der Waals surface area contributed by atoms with E-state index >= 15 is 0 Å². The highest BCUT2D eigenvalue weighted by molar-refractivity contribution is 5.78. The molecule has 0 radical (unpaired) electrons. The van der Waals surface area contributed by atoms with Crippen molar-refractivity contribution >= 4 is 5.91 Å². The van der Waals surface area contributed by atoms with Crippen LogP contribution in [0.25, 0.3) is 0 Å². The van der Waals surface area contributed by atoms with E-state index in [9.17, 15) is 18.0 Å². The summed E-state index contributed by atoms with van der Waals surface area (Å²) in [5.74, 6) is 0.186. The smallest absolute Gasteiger partial charge is 0.356 e. The van der Waals surface area contributed by atoms with Crippen LogP contribution in [0.1, 0.15) is 24.0 Å². The Balaban J connectivity index is 1.85. The Morgan fingerprint density at radius 1 is 1.33 bits per heavy atom. The number of rotatable bonds is 5. The summed E-state index contributed by atoms with van der Waals surface area (Å²) >= 11 is 0. The largest absolute Gasteiger partial charge is 0.416 e. The predicted molar refractivity (Wildman–Crippen MR) is 73.8 cm³/mol. The Labute approximate surface area is 121 Å². The predicted octanol–water partition coefficient (Wildman–Crippen LogP) is 2.36. The van der Waals surface area contributed by atoms with Crippen LogP contribution in [0.5, 0.6) is 0 Å². The van der Waals surface area contributed by atoms with E-state index < -0.39 is 11.7 Å². The Kier molecular flexibility index (Phi) is 5.22. The van der Waals surface area contributed by atoms with Crippen LogP contribution in [0.4, 0.5) is 13.2 Å². The molecule has 0 aliphatic carbocycles. The third-order valence-electron chi connectivity index (χ3n) is 3.71. The Bertz CT molecular complexity index is 482. The molecular weight excluding hydrogens is 281 g/mol. The second kappa shape index (κ2) is 6.93. The highest BCUT2D eigenvalue weighted by Crippen LogP contribution is 2.31. The van der Waals surface area contributed by atoms with Crippen molar-refractivity contribution in [2.24, 2.45) is 5.92 Å². The van der Waals surface area contributed by atoms with Crippen LogP contribution in [0.15, 0.2) is 24.3 Å². The topological polar surface area (TPSA) is 41.1 Å². The van der Waals surface area contributed by atoms with Crippen LogP contribution in [-0.2, 0) is 17.4 Å². The second-order valence-corrected chi connectivity index (χ2v) is 5.33. The lowest BCUT2D eigenvalue weighted by Gasteiger charge is -2.13. The summed E-state index contributed by atoms with van der Waals surface area (Å²) in [5, 5.41) is 5.94. The highest BCUT2D eigenvalue weighted by atomic mass is 19.4. The van der Waals surface area contributed by atoms with Gasteiger partial charge in [-0.25, -0.2) is 0 Å². The first-order valence-corrected chi connectivity index (χ1v) is 7.09. The van der Waals surface area contributed by atoms with Gasteiger partial charge in [0.2, 0.25) is 5.91 Å². The van der Waals surface area contributed by atoms with Gasteiger partial charge in [0, 0.05) is 6.54 Å². The number of alkyl halides is 3. The van der Waals surface area contributed by atoms with Crippen LogP contribution in [0, 0.1) is 5.92 Å². The van der Waals surface area contributed by atoms with E-state index in [4.69, 9.17) is 0 Å². The fraction of sp³-hybridized carbons (Fsp3) is 0.533. The maximum atomic E-state index is 12.8. The molecule has 1 saturated heterocycles. The molecule has 6 heteroatoms. The van der Waals surface area contributed by atoms with Gasteiger partial charge in [-0.2, -0.15) is 13.2 Å². The summed E-state index contributed by atoms with van der Waals surface area (Å²) in [6.45, 7) is 2.46. The summed E-state index contributed by atoms with van der Waals surface area (Å²) < 4.78 is 38.4. The van der Waals surface area contributed by atoms with Crippen molar-refractivity contribution in [3.05, 3.63) is 35.4 Å². The lowest BCUT2D eigenvalue weighted by molar-refractivity contribution is -0.138. The van der Waals surface area contributed by atoms with Crippen LogP contribution in [0.3, 0.4) is 0 Å².